The molecule has 1 unspecified atom stereocenters. The standard InChI is InChI=1S/C22H30N2O4S/c1-15(25)29-19-13-20(26)24(14-19)18-7-5-16(6-8-18)17-9-11-23(12-10-17)21(27)28-22(2,3)4/h5-8,17,19H,9-14H2,1-4H3. The number of ether oxygens (including phenoxy) is 1. The fourth-order valence-electron chi connectivity index (χ4n) is 3.89. The first-order chi connectivity index (χ1) is 13.6. The number of amides is 2. The van der Waals surface area contributed by atoms with Crippen LogP contribution in [-0.4, -0.2) is 52.5 Å². The molecule has 0 spiro atoms. The summed E-state index contributed by atoms with van der Waals surface area (Å²) in [6.45, 7) is 9.14. The molecule has 2 amide bonds. The van der Waals surface area contributed by atoms with E-state index in [1.54, 1.807) is 16.7 Å². The van der Waals surface area contributed by atoms with E-state index in [-0.39, 0.29) is 22.4 Å². The van der Waals surface area contributed by atoms with Crippen LogP contribution in [0.3, 0.4) is 0 Å². The minimum absolute atomic E-state index is 0.0388. The second kappa shape index (κ2) is 8.78. The van der Waals surface area contributed by atoms with Crippen molar-refractivity contribution < 1.29 is 19.1 Å². The minimum atomic E-state index is -0.474. The number of anilines is 1. The van der Waals surface area contributed by atoms with E-state index in [0.717, 1.165) is 18.5 Å². The van der Waals surface area contributed by atoms with E-state index >= 15 is 0 Å². The average molecular weight is 419 g/mol. The normalized spacial score (nSPS) is 20.8. The lowest BCUT2D eigenvalue weighted by molar-refractivity contribution is -0.117. The maximum Gasteiger partial charge on any atom is 0.410 e. The molecule has 0 radical (unpaired) electrons. The fraction of sp³-hybridized carbons (Fsp3) is 0.591. The highest BCUT2D eigenvalue weighted by Crippen LogP contribution is 2.32. The van der Waals surface area contributed by atoms with Gasteiger partial charge in [0, 0.05) is 43.9 Å². The Hall–Kier alpha value is -2.02. The molecule has 0 aliphatic carbocycles. The van der Waals surface area contributed by atoms with Crippen molar-refractivity contribution in [3.8, 4) is 0 Å². The summed E-state index contributed by atoms with van der Waals surface area (Å²) >= 11 is 1.25. The lowest BCUT2D eigenvalue weighted by Crippen LogP contribution is -2.41. The zero-order valence-corrected chi connectivity index (χ0v) is 18.5. The quantitative estimate of drug-likeness (QED) is 0.736. The highest BCUT2D eigenvalue weighted by Gasteiger charge is 2.32. The molecule has 2 aliphatic rings. The molecule has 1 aromatic carbocycles. The van der Waals surface area contributed by atoms with E-state index in [1.807, 2.05) is 32.9 Å². The molecule has 29 heavy (non-hydrogen) atoms. The number of benzene rings is 1. The smallest absolute Gasteiger partial charge is 0.410 e. The lowest BCUT2D eigenvalue weighted by Gasteiger charge is -2.33. The Morgan fingerprint density at radius 1 is 1.10 bits per heavy atom. The summed E-state index contributed by atoms with van der Waals surface area (Å²) in [6, 6.07) is 8.16. The van der Waals surface area contributed by atoms with Crippen LogP contribution in [0.5, 0.6) is 0 Å². The number of likely N-dealkylation sites (tertiary alicyclic amines) is 1. The van der Waals surface area contributed by atoms with Crippen LogP contribution in [0.15, 0.2) is 24.3 Å². The third kappa shape index (κ3) is 5.75. The first kappa shape index (κ1) is 21.7. The Balaban J connectivity index is 1.56. The number of thioether (sulfide) groups is 1. The summed E-state index contributed by atoms with van der Waals surface area (Å²) in [6.07, 6.45) is 1.98. The molecular formula is C22H30N2O4S. The first-order valence-electron chi connectivity index (χ1n) is 10.2. The van der Waals surface area contributed by atoms with Crippen molar-refractivity contribution in [3.05, 3.63) is 29.8 Å². The van der Waals surface area contributed by atoms with Crippen molar-refractivity contribution in [2.45, 2.75) is 63.7 Å². The van der Waals surface area contributed by atoms with Gasteiger partial charge in [-0.2, -0.15) is 0 Å². The Labute approximate surface area is 176 Å². The van der Waals surface area contributed by atoms with Crippen LogP contribution in [0.25, 0.3) is 0 Å². The average Bonchev–Trinajstić information content (AvgIpc) is 3.00. The highest BCUT2D eigenvalue weighted by atomic mass is 32.2. The Bertz CT molecular complexity index is 764. The fourth-order valence-corrected chi connectivity index (χ4v) is 4.81. The Morgan fingerprint density at radius 3 is 2.28 bits per heavy atom. The molecule has 6 nitrogen and oxygen atoms in total. The van der Waals surface area contributed by atoms with Gasteiger partial charge in [-0.15, -0.1) is 0 Å². The van der Waals surface area contributed by atoms with E-state index in [4.69, 9.17) is 4.74 Å². The van der Waals surface area contributed by atoms with Crippen molar-refractivity contribution in [1.82, 2.24) is 4.90 Å². The van der Waals surface area contributed by atoms with Crippen LogP contribution < -0.4 is 4.90 Å². The van der Waals surface area contributed by atoms with Gasteiger partial charge in [0.25, 0.3) is 0 Å². The van der Waals surface area contributed by atoms with Gasteiger partial charge in [0.05, 0.1) is 0 Å². The summed E-state index contributed by atoms with van der Waals surface area (Å²) < 4.78 is 5.46. The largest absolute Gasteiger partial charge is 0.444 e. The van der Waals surface area contributed by atoms with Crippen molar-refractivity contribution >= 4 is 34.6 Å². The molecule has 3 rings (SSSR count). The van der Waals surface area contributed by atoms with Gasteiger partial charge in [-0.25, -0.2) is 4.79 Å². The zero-order chi connectivity index (χ0) is 21.2. The van der Waals surface area contributed by atoms with Gasteiger partial charge in [-0.05, 0) is 57.2 Å². The molecule has 1 atom stereocenters. The van der Waals surface area contributed by atoms with Crippen molar-refractivity contribution in [1.29, 1.82) is 0 Å². The lowest BCUT2D eigenvalue weighted by atomic mass is 9.89. The van der Waals surface area contributed by atoms with Crippen LogP contribution in [0.1, 0.15) is 58.4 Å². The number of hydrogen-bond donors (Lipinski definition) is 0. The van der Waals surface area contributed by atoms with Gasteiger partial charge < -0.3 is 14.5 Å². The predicted molar refractivity (Wildman–Crippen MR) is 115 cm³/mol. The van der Waals surface area contributed by atoms with E-state index in [9.17, 15) is 14.4 Å². The first-order valence-corrected chi connectivity index (χ1v) is 11.1. The molecule has 7 heteroatoms. The van der Waals surface area contributed by atoms with Crippen LogP contribution in [0, 0.1) is 0 Å². The molecule has 2 fully saturated rings. The third-order valence-electron chi connectivity index (χ3n) is 5.25. The number of hydrogen-bond acceptors (Lipinski definition) is 5. The Kier molecular flexibility index (Phi) is 6.56. The third-order valence-corrected chi connectivity index (χ3v) is 6.23. The number of piperidine rings is 1. The predicted octanol–water partition coefficient (Wildman–Crippen LogP) is 4.19. The topological polar surface area (TPSA) is 66.9 Å². The molecular weight excluding hydrogens is 388 g/mol. The molecule has 2 heterocycles. The summed E-state index contributed by atoms with van der Waals surface area (Å²) in [5, 5.41) is 0.0922. The van der Waals surface area contributed by atoms with E-state index in [0.29, 0.717) is 32.0 Å². The van der Waals surface area contributed by atoms with Gasteiger partial charge in [-0.3, -0.25) is 9.59 Å². The monoisotopic (exact) mass is 418 g/mol. The van der Waals surface area contributed by atoms with Crippen molar-refractivity contribution in [3.63, 3.8) is 0 Å². The van der Waals surface area contributed by atoms with Crippen LogP contribution in [0.4, 0.5) is 10.5 Å². The second-order valence-electron chi connectivity index (χ2n) is 8.77. The van der Waals surface area contributed by atoms with Crippen molar-refractivity contribution in [2.24, 2.45) is 0 Å². The second-order valence-corrected chi connectivity index (χ2v) is 10.3. The number of carbonyl (C=O) groups is 3. The maximum atomic E-state index is 12.3. The summed E-state index contributed by atoms with van der Waals surface area (Å²) in [5.41, 5.74) is 1.65. The summed E-state index contributed by atoms with van der Waals surface area (Å²) in [4.78, 5) is 39.4. The molecule has 0 saturated carbocycles. The van der Waals surface area contributed by atoms with Gasteiger partial charge in [0.2, 0.25) is 5.91 Å². The number of nitrogens with zero attached hydrogens (tertiary/aromatic N) is 2. The van der Waals surface area contributed by atoms with E-state index in [2.05, 4.69) is 12.1 Å². The summed E-state index contributed by atoms with van der Waals surface area (Å²) in [5.74, 6) is 0.472. The molecule has 158 valence electrons. The molecule has 2 saturated heterocycles. The van der Waals surface area contributed by atoms with Gasteiger partial charge >= 0.3 is 6.09 Å². The van der Waals surface area contributed by atoms with E-state index < -0.39 is 5.60 Å². The molecule has 0 bridgehead atoms. The maximum absolute atomic E-state index is 12.3. The van der Waals surface area contributed by atoms with Crippen LogP contribution in [-0.2, 0) is 14.3 Å². The summed E-state index contributed by atoms with van der Waals surface area (Å²) in [7, 11) is 0. The van der Waals surface area contributed by atoms with E-state index in [1.165, 1.54) is 17.3 Å². The van der Waals surface area contributed by atoms with Crippen LogP contribution in [0.2, 0.25) is 0 Å². The Morgan fingerprint density at radius 2 is 1.72 bits per heavy atom. The number of rotatable bonds is 3. The van der Waals surface area contributed by atoms with Crippen molar-refractivity contribution in [2.75, 3.05) is 24.5 Å². The molecule has 1 aromatic rings. The SMILES string of the molecule is CC(=O)SC1CC(=O)N(c2ccc(C3CCN(C(=O)OC(C)(C)C)CC3)cc2)C1. The van der Waals surface area contributed by atoms with Gasteiger partial charge in [0.1, 0.15) is 5.60 Å². The minimum Gasteiger partial charge on any atom is -0.444 e. The van der Waals surface area contributed by atoms with Gasteiger partial charge in [0.15, 0.2) is 5.12 Å². The zero-order valence-electron chi connectivity index (χ0n) is 17.6. The number of carbonyl (C=O) groups excluding carboxylic acids is 3. The highest BCUT2D eigenvalue weighted by molar-refractivity contribution is 8.14. The molecule has 0 N–H and O–H groups in total. The molecule has 0 aromatic heterocycles. The molecule has 2 aliphatic heterocycles. The van der Waals surface area contributed by atoms with Gasteiger partial charge in [-0.1, -0.05) is 23.9 Å². The van der Waals surface area contributed by atoms with Crippen LogP contribution >= 0.6 is 11.8 Å².